The van der Waals surface area contributed by atoms with Crippen LogP contribution in [0.3, 0.4) is 0 Å². The van der Waals surface area contributed by atoms with E-state index in [1.165, 1.54) is 18.9 Å². The number of nitrogens with one attached hydrogen (secondary N) is 2. The summed E-state index contributed by atoms with van der Waals surface area (Å²) in [5, 5.41) is 5.90. The van der Waals surface area contributed by atoms with E-state index in [-0.39, 0.29) is 22.9 Å². The van der Waals surface area contributed by atoms with Gasteiger partial charge in [-0.15, -0.1) is 0 Å². The summed E-state index contributed by atoms with van der Waals surface area (Å²) in [6, 6.07) is 1.38. The molecule has 130 valence electrons. The van der Waals surface area contributed by atoms with E-state index in [9.17, 15) is 9.59 Å². The van der Waals surface area contributed by atoms with E-state index in [1.807, 2.05) is 11.5 Å². The molecule has 1 saturated heterocycles. The standard InChI is InChI=1S/C18H25N3O3/c1-2-21-9-5-14(22)13(11-21)19-17(23)20-15-12-6-10-24-16(12)18(15)7-3-4-8-18/h5,9,11-12,15-16H,2-4,6-8,10H2,1H3,(H2,19,20,23). The molecule has 2 amide bonds. The summed E-state index contributed by atoms with van der Waals surface area (Å²) in [6.45, 7) is 3.55. The van der Waals surface area contributed by atoms with Gasteiger partial charge in [0.15, 0.2) is 0 Å². The summed E-state index contributed by atoms with van der Waals surface area (Å²) in [6.07, 6.45) is 9.45. The molecule has 6 nitrogen and oxygen atoms in total. The third kappa shape index (κ3) is 2.35. The first-order valence-corrected chi connectivity index (χ1v) is 9.03. The minimum absolute atomic E-state index is 0.124. The molecule has 0 aromatic carbocycles. The molecule has 1 spiro atoms. The zero-order chi connectivity index (χ0) is 16.7. The number of fused-ring (bicyclic) bond motifs is 2. The van der Waals surface area contributed by atoms with Gasteiger partial charge in [-0.25, -0.2) is 4.79 Å². The second-order valence-corrected chi connectivity index (χ2v) is 7.31. The number of rotatable bonds is 3. The molecule has 0 radical (unpaired) electrons. The highest BCUT2D eigenvalue weighted by molar-refractivity contribution is 5.89. The van der Waals surface area contributed by atoms with Crippen LogP contribution < -0.4 is 16.1 Å². The lowest BCUT2D eigenvalue weighted by molar-refractivity contribution is -0.125. The van der Waals surface area contributed by atoms with E-state index in [0.717, 1.165) is 32.4 Å². The Morgan fingerprint density at radius 2 is 2.21 bits per heavy atom. The summed E-state index contributed by atoms with van der Waals surface area (Å²) < 4.78 is 7.82. The van der Waals surface area contributed by atoms with E-state index in [2.05, 4.69) is 10.6 Å². The molecule has 0 bridgehead atoms. The number of hydrogen-bond donors (Lipinski definition) is 2. The van der Waals surface area contributed by atoms with Crippen molar-refractivity contribution < 1.29 is 9.53 Å². The summed E-state index contributed by atoms with van der Waals surface area (Å²) in [4.78, 5) is 24.4. The molecular weight excluding hydrogens is 306 g/mol. The molecule has 6 heteroatoms. The van der Waals surface area contributed by atoms with Gasteiger partial charge in [0.25, 0.3) is 0 Å². The Labute approximate surface area is 141 Å². The van der Waals surface area contributed by atoms with Gasteiger partial charge >= 0.3 is 6.03 Å². The Hall–Kier alpha value is -1.82. The number of urea groups is 1. The maximum absolute atomic E-state index is 12.5. The lowest BCUT2D eigenvalue weighted by atomic mass is 9.54. The number of hydrogen-bond acceptors (Lipinski definition) is 3. The van der Waals surface area contributed by atoms with Crippen molar-refractivity contribution >= 4 is 11.7 Å². The average molecular weight is 331 g/mol. The third-order valence-corrected chi connectivity index (χ3v) is 6.16. The number of carbonyl (C=O) groups is 1. The van der Waals surface area contributed by atoms with Crippen LogP contribution in [0.4, 0.5) is 10.5 Å². The van der Waals surface area contributed by atoms with Crippen molar-refractivity contribution in [2.75, 3.05) is 11.9 Å². The number of anilines is 1. The topological polar surface area (TPSA) is 72.4 Å². The molecule has 3 atom stereocenters. The second kappa shape index (κ2) is 5.92. The zero-order valence-electron chi connectivity index (χ0n) is 14.1. The van der Waals surface area contributed by atoms with Crippen molar-refractivity contribution in [3.8, 4) is 0 Å². The highest BCUT2D eigenvalue weighted by Crippen LogP contribution is 2.60. The molecule has 1 aromatic rings. The molecule has 2 saturated carbocycles. The Morgan fingerprint density at radius 1 is 1.42 bits per heavy atom. The number of ether oxygens (including phenoxy) is 1. The molecule has 2 aliphatic carbocycles. The van der Waals surface area contributed by atoms with Gasteiger partial charge in [-0.2, -0.15) is 0 Å². The molecule has 24 heavy (non-hydrogen) atoms. The summed E-state index contributed by atoms with van der Waals surface area (Å²) in [5.74, 6) is 0.428. The second-order valence-electron chi connectivity index (χ2n) is 7.31. The van der Waals surface area contributed by atoms with E-state index in [0.29, 0.717) is 17.7 Å². The molecule has 3 fully saturated rings. The third-order valence-electron chi connectivity index (χ3n) is 6.16. The van der Waals surface area contributed by atoms with Crippen LogP contribution in [0.5, 0.6) is 0 Å². The molecule has 4 rings (SSSR count). The monoisotopic (exact) mass is 331 g/mol. The van der Waals surface area contributed by atoms with Crippen molar-refractivity contribution in [1.82, 2.24) is 9.88 Å². The van der Waals surface area contributed by atoms with E-state index in [4.69, 9.17) is 4.74 Å². The van der Waals surface area contributed by atoms with E-state index < -0.39 is 0 Å². The maximum Gasteiger partial charge on any atom is 0.319 e. The number of aromatic nitrogens is 1. The number of carbonyl (C=O) groups excluding carboxylic acids is 1. The van der Waals surface area contributed by atoms with Gasteiger partial charge in [0.2, 0.25) is 5.43 Å². The first-order chi connectivity index (χ1) is 11.6. The average Bonchev–Trinajstić information content (AvgIpc) is 3.23. The fourth-order valence-corrected chi connectivity index (χ4v) is 5.02. The van der Waals surface area contributed by atoms with Crippen LogP contribution in [0.15, 0.2) is 23.3 Å². The maximum atomic E-state index is 12.5. The lowest BCUT2D eigenvalue weighted by Gasteiger charge is -2.56. The van der Waals surface area contributed by atoms with Crippen molar-refractivity contribution in [2.45, 2.75) is 57.7 Å². The van der Waals surface area contributed by atoms with Crippen molar-refractivity contribution in [1.29, 1.82) is 0 Å². The van der Waals surface area contributed by atoms with Crippen LogP contribution in [0, 0.1) is 11.3 Å². The van der Waals surface area contributed by atoms with Crippen LogP contribution in [0.1, 0.15) is 39.0 Å². The molecule has 3 aliphatic rings. The molecule has 3 unspecified atom stereocenters. The predicted octanol–water partition coefficient (Wildman–Crippen LogP) is 2.34. The minimum Gasteiger partial charge on any atom is -0.377 e. The molecule has 1 aromatic heterocycles. The van der Waals surface area contributed by atoms with E-state index in [1.54, 1.807) is 12.4 Å². The Morgan fingerprint density at radius 3 is 2.96 bits per heavy atom. The Kier molecular flexibility index (Phi) is 3.87. The van der Waals surface area contributed by atoms with Crippen LogP contribution in [0.25, 0.3) is 0 Å². The van der Waals surface area contributed by atoms with Crippen LogP contribution >= 0.6 is 0 Å². The number of aryl methyl sites for hydroxylation is 1. The smallest absolute Gasteiger partial charge is 0.319 e. The normalized spacial score (nSPS) is 30.0. The Bertz CT molecular complexity index is 693. The number of nitrogens with zero attached hydrogens (tertiary/aromatic N) is 1. The van der Waals surface area contributed by atoms with Crippen molar-refractivity contribution in [3.63, 3.8) is 0 Å². The van der Waals surface area contributed by atoms with Crippen LogP contribution in [-0.4, -0.2) is 29.4 Å². The number of pyridine rings is 1. The molecular formula is C18H25N3O3. The van der Waals surface area contributed by atoms with Gasteiger partial charge in [0, 0.05) is 49.0 Å². The van der Waals surface area contributed by atoms with E-state index >= 15 is 0 Å². The van der Waals surface area contributed by atoms with Crippen molar-refractivity contribution in [3.05, 3.63) is 28.7 Å². The first-order valence-electron chi connectivity index (χ1n) is 9.03. The summed E-state index contributed by atoms with van der Waals surface area (Å²) in [7, 11) is 0. The summed E-state index contributed by atoms with van der Waals surface area (Å²) in [5.41, 5.74) is 0.288. The van der Waals surface area contributed by atoms with Gasteiger partial charge in [-0.3, -0.25) is 4.79 Å². The number of amides is 2. The zero-order valence-corrected chi connectivity index (χ0v) is 14.1. The predicted molar refractivity (Wildman–Crippen MR) is 91.1 cm³/mol. The fourth-order valence-electron chi connectivity index (χ4n) is 5.02. The largest absolute Gasteiger partial charge is 0.377 e. The SMILES string of the molecule is CCn1ccc(=O)c(NC(=O)NC2C3CCOC3C23CCCC3)c1. The van der Waals surface area contributed by atoms with Crippen LogP contribution in [-0.2, 0) is 11.3 Å². The van der Waals surface area contributed by atoms with Gasteiger partial charge in [0.1, 0.15) is 5.69 Å². The molecule has 2 N–H and O–H groups in total. The van der Waals surface area contributed by atoms with Gasteiger partial charge in [-0.05, 0) is 26.2 Å². The van der Waals surface area contributed by atoms with Crippen LogP contribution in [0.2, 0.25) is 0 Å². The van der Waals surface area contributed by atoms with Gasteiger partial charge in [-0.1, -0.05) is 12.8 Å². The van der Waals surface area contributed by atoms with Crippen molar-refractivity contribution in [2.24, 2.45) is 11.3 Å². The highest BCUT2D eigenvalue weighted by atomic mass is 16.5. The first kappa shape index (κ1) is 15.7. The highest BCUT2D eigenvalue weighted by Gasteiger charge is 2.65. The lowest BCUT2D eigenvalue weighted by Crippen LogP contribution is -2.68. The van der Waals surface area contributed by atoms with Gasteiger partial charge < -0.3 is 19.9 Å². The molecule has 1 aliphatic heterocycles. The minimum atomic E-state index is -0.275. The molecule has 2 heterocycles. The summed E-state index contributed by atoms with van der Waals surface area (Å²) >= 11 is 0. The quantitative estimate of drug-likeness (QED) is 0.893. The fraction of sp³-hybridized carbons (Fsp3) is 0.667. The Balaban J connectivity index is 1.47. The van der Waals surface area contributed by atoms with Gasteiger partial charge in [0.05, 0.1) is 6.10 Å².